The number of benzene rings is 1. The summed E-state index contributed by atoms with van der Waals surface area (Å²) in [5.74, 6) is -0.425. The molecule has 0 amide bonds. The van der Waals surface area contributed by atoms with Crippen molar-refractivity contribution in [3.63, 3.8) is 0 Å². The van der Waals surface area contributed by atoms with E-state index in [0.29, 0.717) is 12.4 Å². The van der Waals surface area contributed by atoms with Gasteiger partial charge in [0.25, 0.3) is 0 Å². The van der Waals surface area contributed by atoms with Crippen LogP contribution in [0.4, 0.5) is 0 Å². The standard InChI is InChI=1S/C13H11NO3.ClH/c15-13(16)11-4-1-5-12(7-11)17-9-10-3-2-6-14-8-10;/h1-8H,9H2,(H,15,16);1H. The fourth-order valence-electron chi connectivity index (χ4n) is 1.37. The van der Waals surface area contributed by atoms with E-state index in [1.54, 1.807) is 24.5 Å². The summed E-state index contributed by atoms with van der Waals surface area (Å²) in [6.45, 7) is 0.372. The fourth-order valence-corrected chi connectivity index (χ4v) is 1.37. The summed E-state index contributed by atoms with van der Waals surface area (Å²) < 4.78 is 5.48. The van der Waals surface area contributed by atoms with Crippen LogP contribution in [0.5, 0.6) is 5.75 Å². The number of aromatic nitrogens is 1. The van der Waals surface area contributed by atoms with E-state index in [0.717, 1.165) is 5.56 Å². The number of aromatic carboxylic acids is 1. The van der Waals surface area contributed by atoms with Gasteiger partial charge in [-0.2, -0.15) is 0 Å². The van der Waals surface area contributed by atoms with E-state index in [1.807, 2.05) is 12.1 Å². The molecule has 1 aromatic carbocycles. The third-order valence-corrected chi connectivity index (χ3v) is 2.21. The summed E-state index contributed by atoms with van der Waals surface area (Å²) in [6.07, 6.45) is 3.40. The number of nitrogens with zero attached hydrogens (tertiary/aromatic N) is 1. The summed E-state index contributed by atoms with van der Waals surface area (Å²) >= 11 is 0. The van der Waals surface area contributed by atoms with E-state index in [4.69, 9.17) is 9.84 Å². The Balaban J connectivity index is 0.00000162. The fraction of sp³-hybridized carbons (Fsp3) is 0.0769. The molecule has 0 spiro atoms. The zero-order valence-corrected chi connectivity index (χ0v) is 10.3. The van der Waals surface area contributed by atoms with E-state index in [2.05, 4.69) is 4.98 Å². The highest BCUT2D eigenvalue weighted by molar-refractivity contribution is 5.88. The Labute approximate surface area is 111 Å². The number of hydrogen-bond acceptors (Lipinski definition) is 3. The molecule has 1 N–H and O–H groups in total. The first-order valence-corrected chi connectivity index (χ1v) is 5.11. The molecule has 18 heavy (non-hydrogen) atoms. The van der Waals surface area contributed by atoms with Crippen LogP contribution < -0.4 is 4.74 Å². The molecule has 4 nitrogen and oxygen atoms in total. The average molecular weight is 266 g/mol. The summed E-state index contributed by atoms with van der Waals surface area (Å²) in [6, 6.07) is 10.1. The molecule has 0 fully saturated rings. The van der Waals surface area contributed by atoms with Gasteiger partial charge in [-0.3, -0.25) is 4.98 Å². The van der Waals surface area contributed by atoms with E-state index in [1.165, 1.54) is 12.1 Å². The summed E-state index contributed by atoms with van der Waals surface area (Å²) in [4.78, 5) is 14.7. The highest BCUT2D eigenvalue weighted by Gasteiger charge is 2.03. The molecule has 0 aliphatic carbocycles. The molecule has 2 rings (SSSR count). The lowest BCUT2D eigenvalue weighted by molar-refractivity contribution is 0.0696. The molecular weight excluding hydrogens is 254 g/mol. The van der Waals surface area contributed by atoms with Crippen molar-refractivity contribution in [2.45, 2.75) is 6.61 Å². The third-order valence-electron chi connectivity index (χ3n) is 2.21. The lowest BCUT2D eigenvalue weighted by atomic mass is 10.2. The molecule has 0 atom stereocenters. The number of rotatable bonds is 4. The van der Waals surface area contributed by atoms with Crippen molar-refractivity contribution in [2.75, 3.05) is 0 Å². The zero-order chi connectivity index (χ0) is 12.1. The second kappa shape index (κ2) is 6.61. The predicted octanol–water partition coefficient (Wildman–Crippen LogP) is 2.78. The minimum absolute atomic E-state index is 0. The van der Waals surface area contributed by atoms with Crippen LogP contribution in [0.3, 0.4) is 0 Å². The molecule has 0 saturated heterocycles. The van der Waals surface area contributed by atoms with Crippen LogP contribution in [-0.4, -0.2) is 16.1 Å². The second-order valence-electron chi connectivity index (χ2n) is 3.48. The summed E-state index contributed by atoms with van der Waals surface area (Å²) in [5, 5.41) is 8.83. The van der Waals surface area contributed by atoms with Crippen molar-refractivity contribution in [3.8, 4) is 5.75 Å². The van der Waals surface area contributed by atoms with Gasteiger partial charge >= 0.3 is 5.97 Å². The number of halogens is 1. The quantitative estimate of drug-likeness (QED) is 0.923. The van der Waals surface area contributed by atoms with Gasteiger partial charge < -0.3 is 9.84 Å². The van der Waals surface area contributed by atoms with Crippen molar-refractivity contribution in [2.24, 2.45) is 0 Å². The molecule has 94 valence electrons. The first-order chi connectivity index (χ1) is 8.25. The van der Waals surface area contributed by atoms with Gasteiger partial charge in [0.1, 0.15) is 12.4 Å². The molecule has 0 radical (unpaired) electrons. The van der Waals surface area contributed by atoms with Crippen LogP contribution in [0.1, 0.15) is 15.9 Å². The van der Waals surface area contributed by atoms with Gasteiger partial charge in [0.15, 0.2) is 0 Å². The van der Waals surface area contributed by atoms with Gasteiger partial charge in [-0.05, 0) is 24.3 Å². The third kappa shape index (κ3) is 3.75. The van der Waals surface area contributed by atoms with Crippen molar-refractivity contribution in [1.82, 2.24) is 4.98 Å². The van der Waals surface area contributed by atoms with Crippen molar-refractivity contribution < 1.29 is 14.6 Å². The maximum absolute atomic E-state index is 10.8. The lowest BCUT2D eigenvalue weighted by Crippen LogP contribution is -1.99. The van der Waals surface area contributed by atoms with Crippen LogP contribution in [-0.2, 0) is 6.61 Å². The van der Waals surface area contributed by atoms with E-state index in [-0.39, 0.29) is 18.0 Å². The number of carboxylic acids is 1. The number of carbonyl (C=O) groups is 1. The molecular formula is C13H12ClNO3. The van der Waals surface area contributed by atoms with Crippen LogP contribution >= 0.6 is 12.4 Å². The molecule has 0 bridgehead atoms. The van der Waals surface area contributed by atoms with Gasteiger partial charge in [-0.25, -0.2) is 4.79 Å². The van der Waals surface area contributed by atoms with Crippen molar-refractivity contribution in [1.29, 1.82) is 0 Å². The van der Waals surface area contributed by atoms with Crippen molar-refractivity contribution in [3.05, 3.63) is 59.9 Å². The lowest BCUT2D eigenvalue weighted by Gasteiger charge is -2.06. The number of hydrogen-bond donors (Lipinski definition) is 1. The molecule has 0 unspecified atom stereocenters. The van der Waals surface area contributed by atoms with E-state index in [9.17, 15) is 4.79 Å². The average Bonchev–Trinajstić information content (AvgIpc) is 2.38. The SMILES string of the molecule is Cl.O=C(O)c1cccc(OCc2cccnc2)c1. The Hall–Kier alpha value is -2.07. The number of pyridine rings is 1. The molecule has 0 saturated carbocycles. The normalized spacial score (nSPS) is 9.33. The van der Waals surface area contributed by atoms with Crippen LogP contribution in [0, 0.1) is 0 Å². The van der Waals surface area contributed by atoms with Gasteiger partial charge in [-0.15, -0.1) is 12.4 Å². The smallest absolute Gasteiger partial charge is 0.335 e. The zero-order valence-electron chi connectivity index (χ0n) is 9.45. The highest BCUT2D eigenvalue weighted by Crippen LogP contribution is 2.14. The molecule has 5 heteroatoms. The minimum atomic E-state index is -0.961. The molecule has 0 aliphatic rings. The van der Waals surface area contributed by atoms with Crippen LogP contribution in [0.25, 0.3) is 0 Å². The van der Waals surface area contributed by atoms with Crippen molar-refractivity contribution >= 4 is 18.4 Å². The van der Waals surface area contributed by atoms with Gasteiger partial charge in [0.2, 0.25) is 0 Å². The summed E-state index contributed by atoms with van der Waals surface area (Å²) in [5.41, 5.74) is 1.15. The van der Waals surface area contributed by atoms with Crippen LogP contribution in [0.2, 0.25) is 0 Å². The van der Waals surface area contributed by atoms with E-state index < -0.39 is 5.97 Å². The number of ether oxygens (including phenoxy) is 1. The molecule has 2 aromatic rings. The van der Waals surface area contributed by atoms with Gasteiger partial charge in [0.05, 0.1) is 5.56 Å². The minimum Gasteiger partial charge on any atom is -0.489 e. The molecule has 1 aromatic heterocycles. The first-order valence-electron chi connectivity index (χ1n) is 5.11. The highest BCUT2D eigenvalue weighted by atomic mass is 35.5. The maximum atomic E-state index is 10.8. The van der Waals surface area contributed by atoms with Gasteiger partial charge in [0, 0.05) is 18.0 Å². The second-order valence-corrected chi connectivity index (χ2v) is 3.48. The maximum Gasteiger partial charge on any atom is 0.335 e. The topological polar surface area (TPSA) is 59.4 Å². The Kier molecular flexibility index (Phi) is 5.14. The van der Waals surface area contributed by atoms with Crippen LogP contribution in [0.15, 0.2) is 48.8 Å². The number of carboxylic acid groups (broad SMARTS) is 1. The van der Waals surface area contributed by atoms with Gasteiger partial charge in [-0.1, -0.05) is 12.1 Å². The predicted molar refractivity (Wildman–Crippen MR) is 69.2 cm³/mol. The monoisotopic (exact) mass is 265 g/mol. The first kappa shape index (κ1) is 14.0. The Bertz CT molecular complexity index is 517. The summed E-state index contributed by atoms with van der Waals surface area (Å²) in [7, 11) is 0. The molecule has 1 heterocycles. The van der Waals surface area contributed by atoms with E-state index >= 15 is 0 Å². The largest absolute Gasteiger partial charge is 0.489 e. The molecule has 0 aliphatic heterocycles. The Morgan fingerprint density at radius 3 is 2.78 bits per heavy atom. The Morgan fingerprint density at radius 2 is 2.11 bits per heavy atom. The Morgan fingerprint density at radius 1 is 1.28 bits per heavy atom.